The molecule has 0 aliphatic carbocycles. The van der Waals surface area contributed by atoms with Crippen molar-refractivity contribution in [3.8, 4) is 10.7 Å². The Morgan fingerprint density at radius 1 is 1.38 bits per heavy atom. The van der Waals surface area contributed by atoms with Crippen LogP contribution in [0.4, 0.5) is 5.69 Å². The second-order valence-corrected chi connectivity index (χ2v) is 4.39. The number of nitrogens with one attached hydrogen (secondary N) is 1. The molecule has 0 atom stereocenters. The van der Waals surface area contributed by atoms with Gasteiger partial charge in [-0.1, -0.05) is 11.3 Å². The maximum Gasteiger partial charge on any atom is 0.166 e. The smallest absolute Gasteiger partial charge is 0.166 e. The van der Waals surface area contributed by atoms with E-state index >= 15 is 0 Å². The quantitative estimate of drug-likeness (QED) is 0.837. The molecule has 0 unspecified atom stereocenters. The molecule has 0 amide bonds. The highest BCUT2D eigenvalue weighted by molar-refractivity contribution is 7.14. The van der Waals surface area contributed by atoms with E-state index in [1.165, 1.54) is 11.3 Å². The van der Waals surface area contributed by atoms with Crippen LogP contribution < -0.4 is 5.32 Å². The van der Waals surface area contributed by atoms with Gasteiger partial charge in [0.05, 0.1) is 18.5 Å². The Kier molecular flexibility index (Phi) is 3.43. The summed E-state index contributed by atoms with van der Waals surface area (Å²) in [6, 6.07) is 3.80. The van der Waals surface area contributed by atoms with E-state index in [9.17, 15) is 0 Å². The van der Waals surface area contributed by atoms with Crippen LogP contribution in [0, 0.1) is 6.92 Å². The second kappa shape index (κ2) is 5.00. The predicted octanol–water partition coefficient (Wildman–Crippen LogP) is 1.31. The molecule has 0 aromatic carbocycles. The first kappa shape index (κ1) is 11.0. The summed E-state index contributed by atoms with van der Waals surface area (Å²) in [5.41, 5.74) is 1.71. The summed E-state index contributed by atoms with van der Waals surface area (Å²) in [6.45, 7) is 2.55. The Balaban J connectivity index is 2.13. The van der Waals surface area contributed by atoms with Crippen molar-refractivity contribution in [1.82, 2.24) is 15.2 Å². The number of aliphatic hydroxyl groups excluding tert-OH is 1. The van der Waals surface area contributed by atoms with Crippen molar-refractivity contribution in [2.75, 3.05) is 18.5 Å². The Morgan fingerprint density at radius 2 is 2.25 bits per heavy atom. The third-order valence-corrected chi connectivity index (χ3v) is 2.81. The molecule has 0 fully saturated rings. The van der Waals surface area contributed by atoms with Crippen molar-refractivity contribution in [3.63, 3.8) is 0 Å². The van der Waals surface area contributed by atoms with E-state index in [1.54, 1.807) is 6.20 Å². The van der Waals surface area contributed by atoms with Crippen LogP contribution in [0.5, 0.6) is 0 Å². The summed E-state index contributed by atoms with van der Waals surface area (Å²) >= 11 is 1.52. The first-order valence-electron chi connectivity index (χ1n) is 4.91. The topological polar surface area (TPSA) is 70.9 Å². The van der Waals surface area contributed by atoms with Crippen LogP contribution in [0.15, 0.2) is 18.3 Å². The lowest BCUT2D eigenvalue weighted by Crippen LogP contribution is -2.05. The maximum atomic E-state index is 8.66. The van der Waals surface area contributed by atoms with Crippen molar-refractivity contribution < 1.29 is 5.11 Å². The predicted molar refractivity (Wildman–Crippen MR) is 63.5 cm³/mol. The van der Waals surface area contributed by atoms with Crippen LogP contribution in [0.2, 0.25) is 0 Å². The Labute approximate surface area is 97.2 Å². The van der Waals surface area contributed by atoms with Crippen LogP contribution in [0.3, 0.4) is 0 Å². The van der Waals surface area contributed by atoms with E-state index in [-0.39, 0.29) is 6.61 Å². The van der Waals surface area contributed by atoms with Gasteiger partial charge in [0.25, 0.3) is 0 Å². The van der Waals surface area contributed by atoms with Gasteiger partial charge in [0, 0.05) is 6.54 Å². The zero-order valence-electron chi connectivity index (χ0n) is 8.84. The van der Waals surface area contributed by atoms with Gasteiger partial charge in [-0.2, -0.15) is 0 Å². The lowest BCUT2D eigenvalue weighted by atomic mass is 10.3. The minimum Gasteiger partial charge on any atom is -0.395 e. The van der Waals surface area contributed by atoms with E-state index in [0.29, 0.717) is 6.54 Å². The number of hydrogen-bond acceptors (Lipinski definition) is 6. The first-order valence-corrected chi connectivity index (χ1v) is 5.72. The van der Waals surface area contributed by atoms with Crippen LogP contribution in [-0.2, 0) is 0 Å². The van der Waals surface area contributed by atoms with Gasteiger partial charge in [0.2, 0.25) is 0 Å². The van der Waals surface area contributed by atoms with Gasteiger partial charge in [-0.3, -0.25) is 4.98 Å². The molecule has 5 nitrogen and oxygen atoms in total. The maximum absolute atomic E-state index is 8.66. The number of rotatable bonds is 4. The molecule has 2 heterocycles. The highest BCUT2D eigenvalue weighted by atomic mass is 32.1. The number of nitrogens with zero attached hydrogens (tertiary/aromatic N) is 3. The largest absolute Gasteiger partial charge is 0.395 e. The third-order valence-electron chi connectivity index (χ3n) is 1.95. The Morgan fingerprint density at radius 3 is 2.81 bits per heavy atom. The highest BCUT2D eigenvalue weighted by Crippen LogP contribution is 2.21. The summed E-state index contributed by atoms with van der Waals surface area (Å²) < 4.78 is 0. The highest BCUT2D eigenvalue weighted by Gasteiger charge is 2.04. The molecule has 0 radical (unpaired) electrons. The molecule has 0 bridgehead atoms. The van der Waals surface area contributed by atoms with E-state index in [2.05, 4.69) is 20.5 Å². The molecular weight excluding hydrogens is 224 g/mol. The number of hydrogen-bond donors (Lipinski definition) is 2. The van der Waals surface area contributed by atoms with E-state index in [4.69, 9.17) is 5.11 Å². The van der Waals surface area contributed by atoms with Gasteiger partial charge in [0.15, 0.2) is 5.01 Å². The molecule has 0 saturated heterocycles. The van der Waals surface area contributed by atoms with Crippen LogP contribution in [0.1, 0.15) is 5.01 Å². The molecular formula is C10H12N4OS. The number of aliphatic hydroxyl groups is 1. The molecule has 6 heteroatoms. The zero-order valence-corrected chi connectivity index (χ0v) is 9.66. The van der Waals surface area contributed by atoms with Crippen LogP contribution >= 0.6 is 11.3 Å². The zero-order chi connectivity index (χ0) is 11.4. The molecule has 0 aliphatic heterocycles. The third kappa shape index (κ3) is 2.53. The minimum absolute atomic E-state index is 0.108. The molecule has 2 aromatic heterocycles. The summed E-state index contributed by atoms with van der Waals surface area (Å²) in [5.74, 6) is 0. The molecule has 0 spiro atoms. The fraction of sp³-hybridized carbons (Fsp3) is 0.300. The SMILES string of the molecule is Cc1nnc(-c2ccc(NCCO)cn2)s1. The standard InChI is InChI=1S/C10H12N4OS/c1-7-13-14-10(16-7)9-3-2-8(6-12-9)11-4-5-15/h2-3,6,11,15H,4-5H2,1H3. The van der Waals surface area contributed by atoms with Crippen LogP contribution in [-0.4, -0.2) is 33.4 Å². The van der Waals surface area contributed by atoms with Crippen molar-refractivity contribution in [1.29, 1.82) is 0 Å². The van der Waals surface area contributed by atoms with E-state index < -0.39 is 0 Å². The number of anilines is 1. The number of aryl methyl sites for hydroxylation is 1. The summed E-state index contributed by atoms with van der Waals surface area (Å²) in [4.78, 5) is 4.28. The second-order valence-electron chi connectivity index (χ2n) is 3.21. The number of aromatic nitrogens is 3. The molecule has 2 aromatic rings. The van der Waals surface area contributed by atoms with Crippen molar-refractivity contribution in [2.45, 2.75) is 6.92 Å². The Bertz CT molecular complexity index is 454. The molecule has 0 saturated carbocycles. The van der Waals surface area contributed by atoms with Gasteiger partial charge in [0.1, 0.15) is 10.7 Å². The molecule has 2 rings (SSSR count). The molecule has 0 aliphatic rings. The lowest BCUT2D eigenvalue weighted by Gasteiger charge is -2.03. The van der Waals surface area contributed by atoms with Crippen molar-refractivity contribution in [2.24, 2.45) is 0 Å². The normalized spacial score (nSPS) is 10.4. The summed E-state index contributed by atoms with van der Waals surface area (Å²) in [5, 5.41) is 21.4. The fourth-order valence-corrected chi connectivity index (χ4v) is 1.89. The monoisotopic (exact) mass is 236 g/mol. The molecule has 16 heavy (non-hydrogen) atoms. The van der Waals surface area contributed by atoms with E-state index in [0.717, 1.165) is 21.4 Å². The average molecular weight is 236 g/mol. The van der Waals surface area contributed by atoms with Gasteiger partial charge in [-0.05, 0) is 19.1 Å². The fourth-order valence-electron chi connectivity index (χ4n) is 1.23. The summed E-state index contributed by atoms with van der Waals surface area (Å²) in [7, 11) is 0. The Hall–Kier alpha value is -1.53. The number of pyridine rings is 1. The van der Waals surface area contributed by atoms with Gasteiger partial charge in [-0.15, -0.1) is 10.2 Å². The minimum atomic E-state index is 0.108. The van der Waals surface area contributed by atoms with E-state index in [1.807, 2.05) is 19.1 Å². The van der Waals surface area contributed by atoms with Crippen molar-refractivity contribution >= 4 is 17.0 Å². The molecule has 2 N–H and O–H groups in total. The van der Waals surface area contributed by atoms with Crippen LogP contribution in [0.25, 0.3) is 10.7 Å². The first-order chi connectivity index (χ1) is 7.79. The van der Waals surface area contributed by atoms with Crippen molar-refractivity contribution in [3.05, 3.63) is 23.3 Å². The van der Waals surface area contributed by atoms with Gasteiger partial charge >= 0.3 is 0 Å². The summed E-state index contributed by atoms with van der Waals surface area (Å²) in [6.07, 6.45) is 1.72. The molecule has 84 valence electrons. The lowest BCUT2D eigenvalue weighted by molar-refractivity contribution is 0.311. The van der Waals surface area contributed by atoms with Gasteiger partial charge in [-0.25, -0.2) is 0 Å². The van der Waals surface area contributed by atoms with Gasteiger partial charge < -0.3 is 10.4 Å². The average Bonchev–Trinajstić information content (AvgIpc) is 2.74.